The Morgan fingerprint density at radius 2 is 1.95 bits per heavy atom. The molecule has 1 aliphatic rings. The van der Waals surface area contributed by atoms with Gasteiger partial charge in [-0.05, 0) is 31.4 Å². The molecule has 1 aliphatic heterocycles. The molecule has 1 N–H and O–H groups in total. The van der Waals surface area contributed by atoms with Gasteiger partial charge in [-0.25, -0.2) is 0 Å². The molecule has 2 heterocycles. The van der Waals surface area contributed by atoms with E-state index in [2.05, 4.69) is 27.2 Å². The van der Waals surface area contributed by atoms with E-state index in [4.69, 9.17) is 4.42 Å². The highest BCUT2D eigenvalue weighted by Crippen LogP contribution is 2.21. The first kappa shape index (κ1) is 15.2. The maximum absolute atomic E-state index is 9.19. The molecule has 1 saturated heterocycles. The van der Waals surface area contributed by atoms with Crippen LogP contribution >= 0.6 is 0 Å². The highest BCUT2D eigenvalue weighted by atomic mass is 16.4. The summed E-state index contributed by atoms with van der Waals surface area (Å²) in [6.45, 7) is 1.97. The van der Waals surface area contributed by atoms with Crippen molar-refractivity contribution in [3.8, 4) is 0 Å². The van der Waals surface area contributed by atoms with Gasteiger partial charge in [0.05, 0.1) is 13.0 Å². The van der Waals surface area contributed by atoms with Crippen LogP contribution in [0.25, 0.3) is 0 Å². The van der Waals surface area contributed by atoms with Gasteiger partial charge in [-0.2, -0.15) is 0 Å². The van der Waals surface area contributed by atoms with Gasteiger partial charge in [0.15, 0.2) is 0 Å². The standard InChI is InChI=1S/C17H23N3O2/c21-11-9-15-8-4-5-10-20(15)13-17-19-18-16(22-17)12-14-6-2-1-3-7-14/h1-3,6-7,15,21H,4-5,8-13H2/t15-/m1/s1. The Bertz CT molecular complexity index is 568. The van der Waals surface area contributed by atoms with Crippen LogP contribution in [0.1, 0.15) is 43.0 Å². The molecule has 0 unspecified atom stereocenters. The highest BCUT2D eigenvalue weighted by Gasteiger charge is 2.23. The number of nitrogens with zero attached hydrogens (tertiary/aromatic N) is 3. The van der Waals surface area contributed by atoms with Gasteiger partial charge in [-0.15, -0.1) is 10.2 Å². The molecule has 1 fully saturated rings. The fraction of sp³-hybridized carbons (Fsp3) is 0.529. The van der Waals surface area contributed by atoms with Gasteiger partial charge in [-0.1, -0.05) is 36.8 Å². The minimum atomic E-state index is 0.240. The lowest BCUT2D eigenvalue weighted by molar-refractivity contribution is 0.103. The summed E-state index contributed by atoms with van der Waals surface area (Å²) >= 11 is 0. The first-order valence-corrected chi connectivity index (χ1v) is 8.05. The molecule has 1 atom stereocenters. The Balaban J connectivity index is 1.61. The largest absolute Gasteiger partial charge is 0.424 e. The minimum absolute atomic E-state index is 0.240. The average Bonchev–Trinajstić information content (AvgIpc) is 2.98. The number of piperidine rings is 1. The van der Waals surface area contributed by atoms with Crippen LogP contribution in [0.4, 0.5) is 0 Å². The molecular weight excluding hydrogens is 278 g/mol. The van der Waals surface area contributed by atoms with Crippen LogP contribution in [-0.2, 0) is 13.0 Å². The Morgan fingerprint density at radius 1 is 1.14 bits per heavy atom. The summed E-state index contributed by atoms with van der Waals surface area (Å²) in [5.41, 5.74) is 1.17. The van der Waals surface area contributed by atoms with E-state index < -0.39 is 0 Å². The Hall–Kier alpha value is -1.72. The second-order valence-electron chi connectivity index (χ2n) is 5.88. The van der Waals surface area contributed by atoms with Crippen LogP contribution < -0.4 is 0 Å². The van der Waals surface area contributed by atoms with Crippen molar-refractivity contribution in [3.63, 3.8) is 0 Å². The summed E-state index contributed by atoms with van der Waals surface area (Å²) in [5.74, 6) is 1.34. The summed E-state index contributed by atoms with van der Waals surface area (Å²) < 4.78 is 5.79. The second-order valence-corrected chi connectivity index (χ2v) is 5.88. The van der Waals surface area contributed by atoms with Gasteiger partial charge in [0.1, 0.15) is 0 Å². The molecule has 3 rings (SSSR count). The molecule has 0 saturated carbocycles. The molecule has 5 nitrogen and oxygen atoms in total. The fourth-order valence-corrected chi connectivity index (χ4v) is 3.11. The van der Waals surface area contributed by atoms with Gasteiger partial charge in [0.2, 0.25) is 11.8 Å². The van der Waals surface area contributed by atoms with E-state index >= 15 is 0 Å². The molecule has 1 aromatic carbocycles. The van der Waals surface area contributed by atoms with Crippen molar-refractivity contribution < 1.29 is 9.52 Å². The molecule has 0 spiro atoms. The van der Waals surface area contributed by atoms with Crippen molar-refractivity contribution in [2.75, 3.05) is 13.2 Å². The lowest BCUT2D eigenvalue weighted by Gasteiger charge is -2.34. The van der Waals surface area contributed by atoms with Crippen molar-refractivity contribution in [1.82, 2.24) is 15.1 Å². The number of aliphatic hydroxyl groups is 1. The zero-order chi connectivity index (χ0) is 15.2. The number of hydrogen-bond donors (Lipinski definition) is 1. The first-order valence-electron chi connectivity index (χ1n) is 8.05. The van der Waals surface area contributed by atoms with Crippen LogP contribution in [0.2, 0.25) is 0 Å². The molecule has 2 aromatic rings. The quantitative estimate of drug-likeness (QED) is 0.887. The monoisotopic (exact) mass is 301 g/mol. The van der Waals surface area contributed by atoms with E-state index in [0.29, 0.717) is 30.8 Å². The van der Waals surface area contributed by atoms with Gasteiger partial charge in [-0.3, -0.25) is 4.90 Å². The molecule has 0 aliphatic carbocycles. The maximum Gasteiger partial charge on any atom is 0.230 e. The molecule has 0 radical (unpaired) electrons. The van der Waals surface area contributed by atoms with Crippen molar-refractivity contribution in [2.45, 2.75) is 44.7 Å². The Morgan fingerprint density at radius 3 is 2.77 bits per heavy atom. The normalized spacial score (nSPS) is 19.4. The summed E-state index contributed by atoms with van der Waals surface area (Å²) in [5, 5.41) is 17.5. The van der Waals surface area contributed by atoms with Crippen LogP contribution in [0.3, 0.4) is 0 Å². The lowest BCUT2D eigenvalue weighted by Crippen LogP contribution is -2.39. The van der Waals surface area contributed by atoms with E-state index in [1.54, 1.807) is 0 Å². The lowest BCUT2D eigenvalue weighted by atomic mass is 10.00. The second kappa shape index (κ2) is 7.51. The van der Waals surface area contributed by atoms with E-state index in [1.807, 2.05) is 18.2 Å². The van der Waals surface area contributed by atoms with Crippen LogP contribution in [0.5, 0.6) is 0 Å². The molecule has 118 valence electrons. The predicted molar refractivity (Wildman–Crippen MR) is 83.3 cm³/mol. The SMILES string of the molecule is OCC[C@H]1CCCCN1Cc1nnc(Cc2ccccc2)o1. The zero-order valence-electron chi connectivity index (χ0n) is 12.8. The smallest absolute Gasteiger partial charge is 0.230 e. The molecule has 0 bridgehead atoms. The summed E-state index contributed by atoms with van der Waals surface area (Å²) in [6, 6.07) is 10.6. The first-order chi connectivity index (χ1) is 10.8. The zero-order valence-corrected chi connectivity index (χ0v) is 12.8. The number of likely N-dealkylation sites (tertiary alicyclic amines) is 1. The van der Waals surface area contributed by atoms with Gasteiger partial charge in [0, 0.05) is 12.6 Å². The number of aliphatic hydroxyl groups excluding tert-OH is 1. The van der Waals surface area contributed by atoms with Crippen molar-refractivity contribution >= 4 is 0 Å². The number of benzene rings is 1. The van der Waals surface area contributed by atoms with Crippen LogP contribution in [0, 0.1) is 0 Å². The third kappa shape index (κ3) is 3.93. The van der Waals surface area contributed by atoms with E-state index in [0.717, 1.165) is 19.4 Å². The van der Waals surface area contributed by atoms with Gasteiger partial charge >= 0.3 is 0 Å². The number of aromatic nitrogens is 2. The maximum atomic E-state index is 9.19. The minimum Gasteiger partial charge on any atom is -0.424 e. The third-order valence-electron chi connectivity index (χ3n) is 4.26. The van der Waals surface area contributed by atoms with E-state index in [1.165, 1.54) is 18.4 Å². The van der Waals surface area contributed by atoms with Crippen LogP contribution in [-0.4, -0.2) is 39.4 Å². The molecular formula is C17H23N3O2. The summed E-state index contributed by atoms with van der Waals surface area (Å²) in [7, 11) is 0. The van der Waals surface area contributed by atoms with Crippen molar-refractivity contribution in [1.29, 1.82) is 0 Å². The van der Waals surface area contributed by atoms with Crippen LogP contribution in [0.15, 0.2) is 34.7 Å². The van der Waals surface area contributed by atoms with E-state index in [-0.39, 0.29) is 6.61 Å². The predicted octanol–water partition coefficient (Wildman–Crippen LogP) is 2.40. The third-order valence-corrected chi connectivity index (χ3v) is 4.26. The van der Waals surface area contributed by atoms with Gasteiger partial charge < -0.3 is 9.52 Å². The topological polar surface area (TPSA) is 62.4 Å². The number of rotatable bonds is 6. The van der Waals surface area contributed by atoms with Gasteiger partial charge in [0.25, 0.3) is 0 Å². The Kier molecular flexibility index (Phi) is 5.19. The molecule has 1 aromatic heterocycles. The number of hydrogen-bond acceptors (Lipinski definition) is 5. The fourth-order valence-electron chi connectivity index (χ4n) is 3.11. The molecule has 0 amide bonds. The molecule has 5 heteroatoms. The summed E-state index contributed by atoms with van der Waals surface area (Å²) in [6.07, 6.45) is 5.09. The van der Waals surface area contributed by atoms with Crippen molar-refractivity contribution in [3.05, 3.63) is 47.7 Å². The van der Waals surface area contributed by atoms with Crippen molar-refractivity contribution in [2.24, 2.45) is 0 Å². The Labute approximate surface area is 131 Å². The van der Waals surface area contributed by atoms with E-state index in [9.17, 15) is 5.11 Å². The average molecular weight is 301 g/mol. The molecule has 22 heavy (non-hydrogen) atoms. The summed E-state index contributed by atoms with van der Waals surface area (Å²) in [4.78, 5) is 2.36. The highest BCUT2D eigenvalue weighted by molar-refractivity contribution is 5.17.